The van der Waals surface area contributed by atoms with E-state index in [1.165, 1.54) is 71.3 Å². The van der Waals surface area contributed by atoms with E-state index in [-0.39, 0.29) is 11.5 Å². The van der Waals surface area contributed by atoms with Crippen LogP contribution in [0.5, 0.6) is 0 Å². The molecule has 51 heavy (non-hydrogen) atoms. The average molecular weight is 653 g/mol. The van der Waals surface area contributed by atoms with E-state index in [2.05, 4.69) is 189 Å². The average Bonchev–Trinajstić information content (AvgIpc) is 3.43. The van der Waals surface area contributed by atoms with Crippen LogP contribution in [0.25, 0.3) is 60.3 Å². The van der Waals surface area contributed by atoms with E-state index in [4.69, 9.17) is 4.99 Å². The smallest absolute Gasteiger partial charge is 0.135 e. The van der Waals surface area contributed by atoms with Crippen molar-refractivity contribution >= 4 is 43.9 Å². The summed E-state index contributed by atoms with van der Waals surface area (Å²) in [6.45, 7) is 4.71. The molecule has 0 amide bonds. The minimum Gasteiger partial charge on any atom is -0.359 e. The molecule has 10 rings (SSSR count). The molecule has 2 nitrogen and oxygen atoms in total. The second-order valence-corrected chi connectivity index (χ2v) is 14.4. The number of hydrogen-bond acceptors (Lipinski definition) is 2. The number of hydrogen-bond donors (Lipinski definition) is 1. The van der Waals surface area contributed by atoms with Gasteiger partial charge in [-0.05, 0) is 89.0 Å². The summed E-state index contributed by atoms with van der Waals surface area (Å²) in [5.41, 5.74) is 12.3. The molecule has 0 bridgehead atoms. The molecule has 8 aromatic carbocycles. The Morgan fingerprint density at radius 2 is 1.18 bits per heavy atom. The van der Waals surface area contributed by atoms with E-state index < -0.39 is 0 Å². The Hall–Kier alpha value is -6.25. The Balaban J connectivity index is 1.13. The van der Waals surface area contributed by atoms with Crippen LogP contribution in [-0.4, -0.2) is 5.84 Å². The summed E-state index contributed by atoms with van der Waals surface area (Å²) in [6, 6.07) is 59.5. The number of amidine groups is 1. The maximum absolute atomic E-state index is 5.46. The van der Waals surface area contributed by atoms with Gasteiger partial charge in [-0.15, -0.1) is 0 Å². The van der Waals surface area contributed by atoms with Crippen molar-refractivity contribution in [2.24, 2.45) is 4.99 Å². The van der Waals surface area contributed by atoms with E-state index in [9.17, 15) is 0 Å². The van der Waals surface area contributed by atoms with Gasteiger partial charge in [-0.2, -0.15) is 0 Å². The first-order chi connectivity index (χ1) is 25.0. The Labute approximate surface area is 298 Å². The van der Waals surface area contributed by atoms with Crippen LogP contribution in [0, 0.1) is 0 Å². The number of rotatable bonds is 4. The minimum atomic E-state index is -0.0760. The summed E-state index contributed by atoms with van der Waals surface area (Å²) in [5, 5.41) is 11.2. The maximum atomic E-state index is 5.46. The highest BCUT2D eigenvalue weighted by Gasteiger charge is 2.37. The molecule has 0 saturated heterocycles. The third-order valence-electron chi connectivity index (χ3n) is 11.1. The van der Waals surface area contributed by atoms with Gasteiger partial charge >= 0.3 is 0 Å². The highest BCUT2D eigenvalue weighted by atomic mass is 15.0. The van der Waals surface area contributed by atoms with E-state index in [0.29, 0.717) is 0 Å². The molecule has 0 fully saturated rings. The summed E-state index contributed by atoms with van der Waals surface area (Å²) in [7, 11) is 0. The lowest BCUT2D eigenvalue weighted by atomic mass is 9.79. The molecule has 0 radical (unpaired) electrons. The fourth-order valence-corrected chi connectivity index (χ4v) is 8.65. The van der Waals surface area contributed by atoms with Crippen molar-refractivity contribution in [2.45, 2.75) is 25.3 Å². The molecule has 2 heteroatoms. The lowest BCUT2D eigenvalue weighted by Crippen LogP contribution is -2.31. The molecule has 2 aliphatic rings. The van der Waals surface area contributed by atoms with Gasteiger partial charge in [-0.3, -0.25) is 0 Å². The highest BCUT2D eigenvalue weighted by Crippen LogP contribution is 2.52. The van der Waals surface area contributed by atoms with Gasteiger partial charge in [0.15, 0.2) is 0 Å². The van der Waals surface area contributed by atoms with Gasteiger partial charge < -0.3 is 5.32 Å². The molecule has 242 valence electrons. The number of benzene rings is 8. The van der Waals surface area contributed by atoms with E-state index in [1.807, 2.05) is 0 Å². The second-order valence-electron chi connectivity index (χ2n) is 14.4. The molecule has 1 N–H and O–H groups in total. The van der Waals surface area contributed by atoms with Crippen LogP contribution in [0.1, 0.15) is 47.7 Å². The van der Waals surface area contributed by atoms with Crippen molar-refractivity contribution < 1.29 is 0 Å². The lowest BCUT2D eigenvalue weighted by molar-refractivity contribution is 0.662. The first-order valence-electron chi connectivity index (χ1n) is 17.8. The fraction of sp³-hybridized carbons (Fsp3) is 0.0816. The molecule has 1 aliphatic heterocycles. The zero-order chi connectivity index (χ0) is 34.1. The van der Waals surface area contributed by atoms with Gasteiger partial charge in [-0.25, -0.2) is 4.99 Å². The third kappa shape index (κ3) is 4.67. The zero-order valence-corrected chi connectivity index (χ0v) is 28.7. The largest absolute Gasteiger partial charge is 0.359 e. The zero-order valence-electron chi connectivity index (χ0n) is 28.7. The second kappa shape index (κ2) is 11.4. The number of nitrogens with one attached hydrogen (secondary N) is 1. The maximum Gasteiger partial charge on any atom is 0.135 e. The first-order valence-corrected chi connectivity index (χ1v) is 17.8. The monoisotopic (exact) mass is 652 g/mol. The van der Waals surface area contributed by atoms with Crippen molar-refractivity contribution in [1.82, 2.24) is 5.32 Å². The summed E-state index contributed by atoms with van der Waals surface area (Å²) < 4.78 is 0. The number of aliphatic imine (C=N–C) groups is 1. The molecular weight excluding hydrogens is 617 g/mol. The van der Waals surface area contributed by atoms with Gasteiger partial charge in [-0.1, -0.05) is 172 Å². The van der Waals surface area contributed by atoms with Crippen LogP contribution in [-0.2, 0) is 5.41 Å². The molecule has 0 saturated carbocycles. The van der Waals surface area contributed by atoms with E-state index in [0.717, 1.165) is 22.7 Å². The van der Waals surface area contributed by atoms with Crippen molar-refractivity contribution in [3.63, 3.8) is 0 Å². The quantitative estimate of drug-likeness (QED) is 0.148. The van der Waals surface area contributed by atoms with Crippen molar-refractivity contribution in [2.75, 3.05) is 0 Å². The molecule has 1 heterocycles. The Bertz CT molecular complexity index is 2730. The van der Waals surface area contributed by atoms with E-state index >= 15 is 0 Å². The Morgan fingerprint density at radius 3 is 2.02 bits per heavy atom. The summed E-state index contributed by atoms with van der Waals surface area (Å²) >= 11 is 0. The molecule has 0 aromatic heterocycles. The fourth-order valence-electron chi connectivity index (χ4n) is 8.65. The van der Waals surface area contributed by atoms with Crippen LogP contribution < -0.4 is 5.32 Å². The number of fused-ring (bicyclic) bond motifs is 7. The number of nitrogens with zero attached hydrogens (tertiary/aromatic N) is 1. The SMILES string of the molecule is CC1(C)c2ccccc2-c2cccc(-c3ccc(C4=CC(c5ccccc5)NC(c5c6ccccc6cc6c5ccc5ccccc56)=N4)cc3)c21. The highest BCUT2D eigenvalue weighted by molar-refractivity contribution is 6.25. The molecule has 8 aromatic rings. The van der Waals surface area contributed by atoms with Crippen molar-refractivity contribution in [3.8, 4) is 22.3 Å². The first kappa shape index (κ1) is 29.6. The van der Waals surface area contributed by atoms with E-state index in [1.54, 1.807) is 0 Å². The topological polar surface area (TPSA) is 24.4 Å². The van der Waals surface area contributed by atoms with Gasteiger partial charge in [0.25, 0.3) is 0 Å². The van der Waals surface area contributed by atoms with Crippen LogP contribution in [0.3, 0.4) is 0 Å². The molecule has 1 aliphatic carbocycles. The molecule has 0 spiro atoms. The summed E-state index contributed by atoms with van der Waals surface area (Å²) in [5.74, 6) is 0.892. The lowest BCUT2D eigenvalue weighted by Gasteiger charge is -2.26. The van der Waals surface area contributed by atoms with Crippen LogP contribution in [0.2, 0.25) is 0 Å². The van der Waals surface area contributed by atoms with Gasteiger partial charge in [0.2, 0.25) is 0 Å². The Kier molecular flexibility index (Phi) is 6.63. The minimum absolute atomic E-state index is 0.0421. The van der Waals surface area contributed by atoms with Gasteiger partial charge in [0, 0.05) is 11.0 Å². The molecule has 1 unspecified atom stereocenters. The summed E-state index contributed by atoms with van der Waals surface area (Å²) in [6.07, 6.45) is 2.27. The molecule has 1 atom stereocenters. The van der Waals surface area contributed by atoms with Gasteiger partial charge in [0.1, 0.15) is 5.84 Å². The Morgan fingerprint density at radius 1 is 0.510 bits per heavy atom. The standard InChI is InChI=1S/C49H36N2/c1-49(2)43-22-11-10-19-39(43)41-21-12-20-38(47(41)49)32-23-25-34(26-24-32)45-30-44(33-14-4-3-5-15-33)50-48(51-45)46-37-18-9-7-16-35(37)29-42-36-17-8-6-13-31(36)27-28-40(42)46/h3-30,44H,1-2H3,(H,50,51). The molecular formula is C49H36N2. The van der Waals surface area contributed by atoms with Crippen LogP contribution in [0.15, 0.2) is 175 Å². The van der Waals surface area contributed by atoms with Crippen LogP contribution >= 0.6 is 0 Å². The predicted octanol–water partition coefficient (Wildman–Crippen LogP) is 12.3. The third-order valence-corrected chi connectivity index (χ3v) is 11.1. The van der Waals surface area contributed by atoms with Gasteiger partial charge in [0.05, 0.1) is 11.7 Å². The summed E-state index contributed by atoms with van der Waals surface area (Å²) in [4.78, 5) is 5.46. The normalized spacial score (nSPS) is 16.0. The van der Waals surface area contributed by atoms with Crippen LogP contribution in [0.4, 0.5) is 0 Å². The van der Waals surface area contributed by atoms with Crippen molar-refractivity contribution in [1.29, 1.82) is 0 Å². The van der Waals surface area contributed by atoms with Crippen molar-refractivity contribution in [3.05, 3.63) is 198 Å². The predicted molar refractivity (Wildman–Crippen MR) is 215 cm³/mol.